The zero-order valence-corrected chi connectivity index (χ0v) is 19.7. The van der Waals surface area contributed by atoms with Gasteiger partial charge in [0.1, 0.15) is 11.5 Å². The Morgan fingerprint density at radius 1 is 1.09 bits per heavy atom. The fraction of sp³-hybridized carbons (Fsp3) is 0.625. The second-order valence-corrected chi connectivity index (χ2v) is 10.8. The summed E-state index contributed by atoms with van der Waals surface area (Å²) >= 11 is 1.27. The molecule has 1 N–H and O–H groups in total. The molecule has 2 aromatic rings. The Bertz CT molecular complexity index is 934. The highest BCUT2D eigenvalue weighted by atomic mass is 32.2. The van der Waals surface area contributed by atoms with Crippen LogP contribution in [0.1, 0.15) is 45.4 Å². The largest absolute Gasteiger partial charge is 0.497 e. The van der Waals surface area contributed by atoms with Crippen LogP contribution in [0.15, 0.2) is 27.8 Å². The number of rotatable bonds is 8. The predicted molar refractivity (Wildman–Crippen MR) is 122 cm³/mol. The van der Waals surface area contributed by atoms with Crippen LogP contribution < -0.4 is 14.8 Å². The number of hydrogen-bond donors (Lipinski definition) is 1. The van der Waals surface area contributed by atoms with Crippen molar-refractivity contribution in [2.75, 3.05) is 20.0 Å². The van der Waals surface area contributed by atoms with E-state index in [1.807, 2.05) is 12.1 Å². The van der Waals surface area contributed by atoms with Crippen LogP contribution in [0, 0.1) is 23.2 Å². The lowest BCUT2D eigenvalue weighted by atomic mass is 9.48. The topological polar surface area (TPSA) is 86.5 Å². The van der Waals surface area contributed by atoms with Crippen LogP contribution in [-0.2, 0) is 4.79 Å². The molecule has 1 aromatic heterocycles. The molecule has 1 aromatic carbocycles. The van der Waals surface area contributed by atoms with Crippen LogP contribution in [0.4, 0.5) is 0 Å². The van der Waals surface area contributed by atoms with Gasteiger partial charge < -0.3 is 19.2 Å². The van der Waals surface area contributed by atoms with Crippen LogP contribution in [0.25, 0.3) is 11.5 Å². The van der Waals surface area contributed by atoms with Crippen molar-refractivity contribution in [1.29, 1.82) is 0 Å². The van der Waals surface area contributed by atoms with Gasteiger partial charge in [-0.3, -0.25) is 4.79 Å². The van der Waals surface area contributed by atoms with E-state index in [2.05, 4.69) is 22.4 Å². The minimum Gasteiger partial charge on any atom is -0.497 e. The summed E-state index contributed by atoms with van der Waals surface area (Å²) in [5.74, 6) is 4.58. The van der Waals surface area contributed by atoms with Crippen molar-refractivity contribution in [2.24, 2.45) is 23.2 Å². The summed E-state index contributed by atoms with van der Waals surface area (Å²) < 4.78 is 16.4. The SMILES string of the molecule is COc1cc(OC)cc(-c2nnc(SCC(=O)NC(C)C34CC5CC(CC(C5)C3)C4)o2)c1. The van der Waals surface area contributed by atoms with Gasteiger partial charge in [-0.25, -0.2) is 0 Å². The third-order valence-corrected chi connectivity index (χ3v) is 8.53. The molecular weight excluding hydrogens is 426 g/mol. The molecule has 1 heterocycles. The molecule has 1 amide bonds. The van der Waals surface area contributed by atoms with Gasteiger partial charge in [0.05, 0.1) is 20.0 Å². The van der Waals surface area contributed by atoms with E-state index in [9.17, 15) is 4.79 Å². The van der Waals surface area contributed by atoms with Crippen LogP contribution in [0.5, 0.6) is 11.5 Å². The number of ether oxygens (including phenoxy) is 2. The van der Waals surface area contributed by atoms with Gasteiger partial charge in [-0.15, -0.1) is 10.2 Å². The fourth-order valence-electron chi connectivity index (χ4n) is 6.59. The Labute approximate surface area is 193 Å². The second-order valence-electron chi connectivity index (χ2n) is 9.83. The highest BCUT2D eigenvalue weighted by molar-refractivity contribution is 7.99. The van der Waals surface area contributed by atoms with Crippen LogP contribution in [0.2, 0.25) is 0 Å². The lowest BCUT2D eigenvalue weighted by Gasteiger charge is -2.59. The molecule has 7 nitrogen and oxygen atoms in total. The average molecular weight is 458 g/mol. The molecule has 4 saturated carbocycles. The average Bonchev–Trinajstić information content (AvgIpc) is 3.25. The molecule has 0 saturated heterocycles. The van der Waals surface area contributed by atoms with Crippen molar-refractivity contribution in [2.45, 2.75) is 56.7 Å². The van der Waals surface area contributed by atoms with Crippen molar-refractivity contribution in [3.8, 4) is 23.0 Å². The maximum atomic E-state index is 12.7. The highest BCUT2D eigenvalue weighted by Crippen LogP contribution is 2.61. The number of nitrogens with one attached hydrogen (secondary N) is 1. The lowest BCUT2D eigenvalue weighted by Crippen LogP contribution is -2.56. The number of thioether (sulfide) groups is 1. The number of amides is 1. The normalized spacial score (nSPS) is 29.0. The van der Waals surface area contributed by atoms with Gasteiger partial charge in [0.25, 0.3) is 5.22 Å². The summed E-state index contributed by atoms with van der Waals surface area (Å²) in [6, 6.07) is 5.62. The standard InChI is InChI=1S/C24H31N3O4S/c1-14(24-10-15-4-16(11-24)6-17(5-15)12-24)25-21(28)13-32-23-27-26-22(31-23)18-7-19(29-2)9-20(8-18)30-3/h7-9,14-17H,4-6,10-13H2,1-3H3,(H,25,28). The molecule has 4 aliphatic carbocycles. The van der Waals surface area contributed by atoms with Crippen molar-refractivity contribution in [3.63, 3.8) is 0 Å². The first-order valence-electron chi connectivity index (χ1n) is 11.5. The van der Waals surface area contributed by atoms with E-state index in [1.165, 1.54) is 50.3 Å². The summed E-state index contributed by atoms with van der Waals surface area (Å²) in [6.07, 6.45) is 8.08. The Hall–Kier alpha value is -2.22. The molecule has 4 aliphatic rings. The van der Waals surface area contributed by atoms with E-state index in [0.29, 0.717) is 33.6 Å². The van der Waals surface area contributed by atoms with E-state index in [0.717, 1.165) is 17.8 Å². The Morgan fingerprint density at radius 3 is 2.25 bits per heavy atom. The van der Waals surface area contributed by atoms with Crippen molar-refractivity contribution in [3.05, 3.63) is 18.2 Å². The molecule has 4 fully saturated rings. The molecule has 0 aliphatic heterocycles. The Morgan fingerprint density at radius 2 is 1.69 bits per heavy atom. The Kier molecular flexibility index (Phi) is 5.82. The van der Waals surface area contributed by atoms with Gasteiger partial charge in [0.2, 0.25) is 11.8 Å². The van der Waals surface area contributed by atoms with Crippen LogP contribution in [-0.4, -0.2) is 42.1 Å². The highest BCUT2D eigenvalue weighted by Gasteiger charge is 2.53. The Balaban J connectivity index is 1.18. The first-order valence-corrected chi connectivity index (χ1v) is 12.4. The van der Waals surface area contributed by atoms with Gasteiger partial charge in [0, 0.05) is 17.7 Å². The molecule has 4 bridgehead atoms. The number of benzene rings is 1. The predicted octanol–water partition coefficient (Wildman–Crippen LogP) is 4.57. The molecule has 0 radical (unpaired) electrons. The molecule has 6 rings (SSSR count). The van der Waals surface area contributed by atoms with E-state index in [1.54, 1.807) is 20.3 Å². The monoisotopic (exact) mass is 457 g/mol. The van der Waals surface area contributed by atoms with Gasteiger partial charge in [-0.1, -0.05) is 11.8 Å². The fourth-order valence-corrected chi connectivity index (χ4v) is 7.16. The molecule has 0 spiro atoms. The summed E-state index contributed by atoms with van der Waals surface area (Å²) in [5.41, 5.74) is 1.01. The zero-order valence-electron chi connectivity index (χ0n) is 18.9. The number of carbonyl (C=O) groups excluding carboxylic acids is 1. The van der Waals surface area contributed by atoms with E-state index in [4.69, 9.17) is 13.9 Å². The van der Waals surface area contributed by atoms with Crippen molar-refractivity contribution in [1.82, 2.24) is 15.5 Å². The lowest BCUT2D eigenvalue weighted by molar-refractivity contribution is -0.123. The zero-order chi connectivity index (χ0) is 22.3. The second kappa shape index (κ2) is 8.61. The first-order chi connectivity index (χ1) is 15.5. The molecule has 8 heteroatoms. The van der Waals surface area contributed by atoms with Crippen LogP contribution in [0.3, 0.4) is 0 Å². The third-order valence-electron chi connectivity index (χ3n) is 7.71. The van der Waals surface area contributed by atoms with Gasteiger partial charge >= 0.3 is 0 Å². The van der Waals surface area contributed by atoms with Crippen molar-refractivity contribution >= 4 is 17.7 Å². The van der Waals surface area contributed by atoms with E-state index >= 15 is 0 Å². The maximum Gasteiger partial charge on any atom is 0.277 e. The maximum absolute atomic E-state index is 12.7. The molecule has 172 valence electrons. The minimum absolute atomic E-state index is 0.0287. The van der Waals surface area contributed by atoms with E-state index < -0.39 is 0 Å². The molecule has 32 heavy (non-hydrogen) atoms. The molecule has 1 unspecified atom stereocenters. The minimum atomic E-state index is 0.0287. The van der Waals surface area contributed by atoms with E-state index in [-0.39, 0.29) is 17.7 Å². The summed E-state index contributed by atoms with van der Waals surface area (Å²) in [5, 5.41) is 11.9. The number of hydrogen-bond acceptors (Lipinski definition) is 7. The van der Waals surface area contributed by atoms with Crippen LogP contribution >= 0.6 is 11.8 Å². The molecule has 1 atom stereocenters. The third kappa shape index (κ3) is 4.21. The number of carbonyl (C=O) groups is 1. The smallest absolute Gasteiger partial charge is 0.277 e. The van der Waals surface area contributed by atoms with Gasteiger partial charge in [-0.05, 0) is 80.8 Å². The van der Waals surface area contributed by atoms with Crippen molar-refractivity contribution < 1.29 is 18.7 Å². The number of nitrogens with zero attached hydrogens (tertiary/aromatic N) is 2. The van der Waals surface area contributed by atoms with Gasteiger partial charge in [-0.2, -0.15) is 0 Å². The summed E-state index contributed by atoms with van der Waals surface area (Å²) in [6.45, 7) is 2.21. The number of aromatic nitrogens is 2. The quantitative estimate of drug-likeness (QED) is 0.581. The summed E-state index contributed by atoms with van der Waals surface area (Å²) in [4.78, 5) is 12.7. The molecular formula is C24H31N3O4S. The first kappa shape index (κ1) is 21.6. The summed E-state index contributed by atoms with van der Waals surface area (Å²) in [7, 11) is 3.19. The number of methoxy groups -OCH3 is 2. The van der Waals surface area contributed by atoms with Gasteiger partial charge in [0.15, 0.2) is 0 Å².